The summed E-state index contributed by atoms with van der Waals surface area (Å²) in [6.45, 7) is 5.69. The van der Waals surface area contributed by atoms with Gasteiger partial charge < -0.3 is 10.2 Å². The molecule has 1 aromatic rings. The minimum absolute atomic E-state index is 1.12. The minimum Gasteiger partial charge on any atom is -0.375 e. The number of benzene rings is 1. The second-order valence-corrected chi connectivity index (χ2v) is 5.27. The highest BCUT2D eigenvalue weighted by Gasteiger charge is 1.98. The summed E-state index contributed by atoms with van der Waals surface area (Å²) in [6, 6.07) is 10.6. The second kappa shape index (κ2) is 10.9. The first kappa shape index (κ1) is 16.0. The normalized spacial score (nSPS) is 10.6. The molecule has 1 N–H and O–H groups in total. The van der Waals surface area contributed by atoms with Crippen molar-refractivity contribution in [2.45, 2.75) is 45.4 Å². The largest absolute Gasteiger partial charge is 0.375 e. The highest BCUT2D eigenvalue weighted by Crippen LogP contribution is 2.10. The molecular weight excluding hydrogens is 232 g/mol. The Labute approximate surface area is 119 Å². The lowest BCUT2D eigenvalue weighted by Gasteiger charge is -2.19. The van der Waals surface area contributed by atoms with Gasteiger partial charge in [0.2, 0.25) is 0 Å². The first-order valence-corrected chi connectivity index (χ1v) is 7.81. The molecule has 0 unspecified atom stereocenters. The maximum Gasteiger partial charge on any atom is 0.0363 e. The predicted octanol–water partition coefficient (Wildman–Crippen LogP) is 4.07. The van der Waals surface area contributed by atoms with E-state index in [0.717, 1.165) is 13.1 Å². The van der Waals surface area contributed by atoms with Crippen molar-refractivity contribution < 1.29 is 0 Å². The molecule has 0 bridgehead atoms. The van der Waals surface area contributed by atoms with Gasteiger partial charge in [-0.3, -0.25) is 0 Å². The van der Waals surface area contributed by atoms with E-state index in [2.05, 4.69) is 54.5 Å². The molecule has 0 saturated carbocycles. The standard InChI is InChI=1S/C17H30N2/c1-3-4-5-6-10-14-18-15-11-16-19(2)17-12-8-7-9-13-17/h7-9,12-13,18H,3-6,10-11,14-16H2,1-2H3. The van der Waals surface area contributed by atoms with E-state index in [-0.39, 0.29) is 0 Å². The zero-order valence-corrected chi connectivity index (χ0v) is 12.7. The molecule has 0 aromatic heterocycles. The van der Waals surface area contributed by atoms with Crippen LogP contribution >= 0.6 is 0 Å². The van der Waals surface area contributed by atoms with Crippen LogP contribution in [0.15, 0.2) is 30.3 Å². The van der Waals surface area contributed by atoms with Crippen molar-refractivity contribution in [3.05, 3.63) is 30.3 Å². The molecule has 0 atom stereocenters. The summed E-state index contributed by atoms with van der Waals surface area (Å²) >= 11 is 0. The fourth-order valence-corrected chi connectivity index (χ4v) is 2.23. The van der Waals surface area contributed by atoms with E-state index in [0.29, 0.717) is 0 Å². The molecule has 1 aromatic carbocycles. The van der Waals surface area contributed by atoms with Gasteiger partial charge in [-0.2, -0.15) is 0 Å². The molecule has 0 spiro atoms. The monoisotopic (exact) mass is 262 g/mol. The average molecular weight is 262 g/mol. The fraction of sp³-hybridized carbons (Fsp3) is 0.647. The molecule has 0 aliphatic carbocycles. The van der Waals surface area contributed by atoms with Crippen molar-refractivity contribution in [1.82, 2.24) is 5.32 Å². The lowest BCUT2D eigenvalue weighted by atomic mass is 10.1. The van der Waals surface area contributed by atoms with Crippen LogP contribution in [0.25, 0.3) is 0 Å². The highest BCUT2D eigenvalue weighted by atomic mass is 15.1. The summed E-state index contributed by atoms with van der Waals surface area (Å²) in [6.07, 6.45) is 8.04. The van der Waals surface area contributed by atoms with Crippen molar-refractivity contribution in [3.63, 3.8) is 0 Å². The van der Waals surface area contributed by atoms with E-state index in [1.54, 1.807) is 0 Å². The zero-order valence-electron chi connectivity index (χ0n) is 12.7. The molecule has 0 fully saturated rings. The lowest BCUT2D eigenvalue weighted by molar-refractivity contribution is 0.574. The van der Waals surface area contributed by atoms with Crippen LogP contribution in [-0.4, -0.2) is 26.7 Å². The second-order valence-electron chi connectivity index (χ2n) is 5.27. The maximum atomic E-state index is 3.54. The smallest absolute Gasteiger partial charge is 0.0363 e. The number of hydrogen-bond donors (Lipinski definition) is 1. The van der Waals surface area contributed by atoms with Gasteiger partial charge in [0.15, 0.2) is 0 Å². The van der Waals surface area contributed by atoms with E-state index in [4.69, 9.17) is 0 Å². The molecule has 2 nitrogen and oxygen atoms in total. The first-order chi connectivity index (χ1) is 9.34. The quantitative estimate of drug-likeness (QED) is 0.605. The third-order valence-corrected chi connectivity index (χ3v) is 3.50. The Bertz CT molecular complexity index is 297. The van der Waals surface area contributed by atoms with E-state index in [9.17, 15) is 0 Å². The van der Waals surface area contributed by atoms with Crippen LogP contribution < -0.4 is 10.2 Å². The van der Waals surface area contributed by atoms with Crippen LogP contribution in [0.2, 0.25) is 0 Å². The molecule has 108 valence electrons. The number of rotatable bonds is 11. The van der Waals surface area contributed by atoms with Gasteiger partial charge in [-0.25, -0.2) is 0 Å². The molecular formula is C17H30N2. The van der Waals surface area contributed by atoms with Crippen LogP contribution in [0.1, 0.15) is 45.4 Å². The van der Waals surface area contributed by atoms with Crippen LogP contribution in [0, 0.1) is 0 Å². The summed E-state index contributed by atoms with van der Waals surface area (Å²) in [5, 5.41) is 3.54. The number of nitrogens with zero attached hydrogens (tertiary/aromatic N) is 1. The van der Waals surface area contributed by atoms with Gasteiger partial charge in [0.05, 0.1) is 0 Å². The Morgan fingerprint density at radius 1 is 0.895 bits per heavy atom. The Hall–Kier alpha value is -1.02. The minimum atomic E-state index is 1.12. The number of anilines is 1. The third kappa shape index (κ3) is 7.89. The average Bonchev–Trinajstić information content (AvgIpc) is 2.46. The summed E-state index contributed by atoms with van der Waals surface area (Å²) in [5.41, 5.74) is 1.31. The molecule has 0 aliphatic rings. The Morgan fingerprint density at radius 2 is 1.58 bits per heavy atom. The number of hydrogen-bond acceptors (Lipinski definition) is 2. The van der Waals surface area contributed by atoms with Crippen LogP contribution in [0.3, 0.4) is 0 Å². The molecule has 1 rings (SSSR count). The summed E-state index contributed by atoms with van der Waals surface area (Å²) in [7, 11) is 2.17. The lowest BCUT2D eigenvalue weighted by Crippen LogP contribution is -2.24. The molecule has 2 heteroatoms. The maximum absolute atomic E-state index is 3.54. The van der Waals surface area contributed by atoms with Crippen LogP contribution in [0.4, 0.5) is 5.69 Å². The van der Waals surface area contributed by atoms with Gasteiger partial charge >= 0.3 is 0 Å². The third-order valence-electron chi connectivity index (χ3n) is 3.50. The van der Waals surface area contributed by atoms with E-state index < -0.39 is 0 Å². The van der Waals surface area contributed by atoms with Crippen molar-refractivity contribution in [2.24, 2.45) is 0 Å². The van der Waals surface area contributed by atoms with E-state index >= 15 is 0 Å². The van der Waals surface area contributed by atoms with Gasteiger partial charge in [-0.05, 0) is 38.1 Å². The number of para-hydroxylation sites is 1. The highest BCUT2D eigenvalue weighted by molar-refractivity contribution is 5.44. The van der Waals surface area contributed by atoms with Gasteiger partial charge in [0, 0.05) is 19.3 Å². The van der Waals surface area contributed by atoms with Crippen molar-refractivity contribution >= 4 is 5.69 Å². The van der Waals surface area contributed by atoms with Gasteiger partial charge in [0.1, 0.15) is 0 Å². The van der Waals surface area contributed by atoms with Crippen molar-refractivity contribution in [3.8, 4) is 0 Å². The first-order valence-electron chi connectivity index (χ1n) is 7.81. The van der Waals surface area contributed by atoms with Gasteiger partial charge in [-0.1, -0.05) is 50.8 Å². The summed E-state index contributed by atoms with van der Waals surface area (Å²) in [4.78, 5) is 2.32. The Balaban J connectivity index is 1.93. The Kier molecular flexibility index (Phi) is 9.17. The van der Waals surface area contributed by atoms with E-state index in [1.807, 2.05) is 0 Å². The fourth-order valence-electron chi connectivity index (χ4n) is 2.23. The zero-order chi connectivity index (χ0) is 13.8. The van der Waals surface area contributed by atoms with Gasteiger partial charge in [-0.15, -0.1) is 0 Å². The van der Waals surface area contributed by atoms with Crippen LogP contribution in [-0.2, 0) is 0 Å². The SMILES string of the molecule is CCCCCCCNCCCN(C)c1ccccc1. The molecule has 19 heavy (non-hydrogen) atoms. The molecule has 0 amide bonds. The summed E-state index contributed by atoms with van der Waals surface area (Å²) in [5.74, 6) is 0. The molecule has 0 heterocycles. The summed E-state index contributed by atoms with van der Waals surface area (Å²) < 4.78 is 0. The van der Waals surface area contributed by atoms with Crippen LogP contribution in [0.5, 0.6) is 0 Å². The molecule has 0 saturated heterocycles. The number of nitrogens with one attached hydrogen (secondary N) is 1. The predicted molar refractivity (Wildman–Crippen MR) is 86.0 cm³/mol. The molecule has 0 aliphatic heterocycles. The van der Waals surface area contributed by atoms with Gasteiger partial charge in [0.25, 0.3) is 0 Å². The number of unbranched alkanes of at least 4 members (excludes halogenated alkanes) is 4. The van der Waals surface area contributed by atoms with E-state index in [1.165, 1.54) is 50.8 Å². The topological polar surface area (TPSA) is 15.3 Å². The Morgan fingerprint density at radius 3 is 2.32 bits per heavy atom. The van der Waals surface area contributed by atoms with Crippen molar-refractivity contribution in [1.29, 1.82) is 0 Å². The van der Waals surface area contributed by atoms with Crippen molar-refractivity contribution in [2.75, 3.05) is 31.6 Å². The molecule has 0 radical (unpaired) electrons.